The summed E-state index contributed by atoms with van der Waals surface area (Å²) in [5, 5.41) is 5.16. The first kappa shape index (κ1) is 15.0. The number of carbonyl (C=O) groups is 1. The summed E-state index contributed by atoms with van der Waals surface area (Å²) >= 11 is 0. The van der Waals surface area contributed by atoms with Gasteiger partial charge >= 0.3 is 0 Å². The fourth-order valence-corrected chi connectivity index (χ4v) is 2.37. The molecule has 116 valence electrons. The van der Waals surface area contributed by atoms with E-state index in [1.165, 1.54) is 12.1 Å². The quantitative estimate of drug-likeness (QED) is 0.583. The Kier molecular flexibility index (Phi) is 4.19. The molecule has 0 radical (unpaired) electrons. The van der Waals surface area contributed by atoms with Crippen LogP contribution >= 0.6 is 0 Å². The molecule has 0 unspecified atom stereocenters. The highest BCUT2D eigenvalue weighted by molar-refractivity contribution is 5.99. The Balaban J connectivity index is 1.67. The lowest BCUT2D eigenvalue weighted by Gasteiger charge is -2.05. The summed E-state index contributed by atoms with van der Waals surface area (Å²) in [6.07, 6.45) is 1.88. The van der Waals surface area contributed by atoms with Gasteiger partial charge in [0.1, 0.15) is 12.4 Å². The zero-order valence-corrected chi connectivity index (χ0v) is 12.7. The van der Waals surface area contributed by atoms with Gasteiger partial charge in [-0.1, -0.05) is 30.3 Å². The monoisotopic (exact) mass is 309 g/mol. The molecule has 0 aliphatic heterocycles. The van der Waals surface area contributed by atoms with Crippen LogP contribution in [0.5, 0.6) is 0 Å². The average molecular weight is 309 g/mol. The number of para-hydroxylation sites is 1. The van der Waals surface area contributed by atoms with Crippen molar-refractivity contribution >= 4 is 22.5 Å². The highest BCUT2D eigenvalue weighted by Crippen LogP contribution is 2.14. The summed E-state index contributed by atoms with van der Waals surface area (Å²) in [4.78, 5) is 12.0. The predicted molar refractivity (Wildman–Crippen MR) is 88.7 cm³/mol. The molecule has 1 aromatic heterocycles. The molecule has 0 fully saturated rings. The Bertz CT molecular complexity index is 865. The number of hydrazone groups is 1. The van der Waals surface area contributed by atoms with Gasteiger partial charge in [-0.25, -0.2) is 9.82 Å². The summed E-state index contributed by atoms with van der Waals surface area (Å²) < 4.78 is 14.8. The van der Waals surface area contributed by atoms with Crippen LogP contribution in [-0.2, 0) is 11.3 Å². The van der Waals surface area contributed by atoms with E-state index in [1.54, 1.807) is 19.1 Å². The minimum Gasteiger partial charge on any atom is -0.338 e. The average Bonchev–Trinajstić information content (AvgIpc) is 2.96. The molecule has 1 heterocycles. The summed E-state index contributed by atoms with van der Waals surface area (Å²) in [6.45, 7) is 1.95. The van der Waals surface area contributed by atoms with Gasteiger partial charge in [0.25, 0.3) is 5.91 Å². The number of benzene rings is 2. The Morgan fingerprint density at radius 2 is 1.87 bits per heavy atom. The first-order valence-electron chi connectivity index (χ1n) is 7.26. The molecule has 0 saturated carbocycles. The van der Waals surface area contributed by atoms with Gasteiger partial charge < -0.3 is 4.57 Å². The van der Waals surface area contributed by atoms with E-state index in [4.69, 9.17) is 0 Å². The number of fused-ring (bicyclic) bond motifs is 1. The molecule has 0 spiro atoms. The van der Waals surface area contributed by atoms with Gasteiger partial charge in [-0.3, -0.25) is 4.79 Å². The van der Waals surface area contributed by atoms with Crippen molar-refractivity contribution in [1.82, 2.24) is 9.99 Å². The van der Waals surface area contributed by atoms with E-state index >= 15 is 0 Å². The van der Waals surface area contributed by atoms with Gasteiger partial charge in [-0.05, 0) is 42.1 Å². The number of rotatable bonds is 4. The van der Waals surface area contributed by atoms with Crippen LogP contribution in [0, 0.1) is 5.82 Å². The minimum absolute atomic E-state index is 0.188. The fourth-order valence-electron chi connectivity index (χ4n) is 2.37. The van der Waals surface area contributed by atoms with Gasteiger partial charge in [0, 0.05) is 11.7 Å². The number of carbonyl (C=O) groups excluding carboxylic acids is 1. The van der Waals surface area contributed by atoms with Crippen molar-refractivity contribution in [3.05, 3.63) is 72.2 Å². The smallest absolute Gasteiger partial charge is 0.259 e. The molecule has 0 aliphatic carbocycles. The van der Waals surface area contributed by atoms with Gasteiger partial charge in [0.15, 0.2) is 0 Å². The van der Waals surface area contributed by atoms with Crippen molar-refractivity contribution in [2.75, 3.05) is 0 Å². The molecule has 4 nitrogen and oxygen atoms in total. The summed E-state index contributed by atoms with van der Waals surface area (Å²) in [5.41, 5.74) is 4.92. The summed E-state index contributed by atoms with van der Waals surface area (Å²) in [6, 6.07) is 15.8. The zero-order chi connectivity index (χ0) is 16.2. The molecule has 3 rings (SSSR count). The Morgan fingerprint density at radius 1 is 1.13 bits per heavy atom. The molecule has 1 N–H and O–H groups in total. The van der Waals surface area contributed by atoms with Crippen LogP contribution in [-0.4, -0.2) is 16.2 Å². The molecule has 0 atom stereocenters. The number of nitrogens with zero attached hydrogens (tertiary/aromatic N) is 2. The van der Waals surface area contributed by atoms with Gasteiger partial charge in [0.05, 0.1) is 5.71 Å². The van der Waals surface area contributed by atoms with E-state index in [1.807, 2.05) is 41.1 Å². The van der Waals surface area contributed by atoms with E-state index in [0.29, 0.717) is 5.71 Å². The molecule has 0 bridgehead atoms. The predicted octanol–water partition coefficient (Wildman–Crippen LogP) is 3.32. The van der Waals surface area contributed by atoms with Crippen molar-refractivity contribution in [2.45, 2.75) is 13.5 Å². The van der Waals surface area contributed by atoms with Crippen molar-refractivity contribution in [2.24, 2.45) is 5.10 Å². The molecule has 0 aliphatic rings. The van der Waals surface area contributed by atoms with Crippen molar-refractivity contribution in [3.63, 3.8) is 0 Å². The molecular weight excluding hydrogens is 293 g/mol. The molecule has 23 heavy (non-hydrogen) atoms. The third kappa shape index (κ3) is 3.45. The Labute approximate surface area is 133 Å². The molecule has 0 saturated heterocycles. The second-order valence-corrected chi connectivity index (χ2v) is 5.24. The normalized spacial score (nSPS) is 11.7. The van der Waals surface area contributed by atoms with Crippen molar-refractivity contribution < 1.29 is 9.18 Å². The number of hydrogen-bond acceptors (Lipinski definition) is 2. The molecule has 5 heteroatoms. The molecule has 3 aromatic rings. The maximum Gasteiger partial charge on any atom is 0.259 e. The molecule has 2 aromatic carbocycles. The van der Waals surface area contributed by atoms with Crippen molar-refractivity contribution in [3.8, 4) is 0 Å². The van der Waals surface area contributed by atoms with E-state index in [2.05, 4.69) is 10.5 Å². The molecule has 1 amide bonds. The van der Waals surface area contributed by atoms with Crippen LogP contribution < -0.4 is 5.43 Å². The van der Waals surface area contributed by atoms with Crippen LogP contribution in [0.2, 0.25) is 0 Å². The third-order valence-electron chi connectivity index (χ3n) is 3.60. The SMILES string of the molecule is CC(=NNC(=O)Cn1ccc2ccccc21)c1ccc(F)cc1. The number of aromatic nitrogens is 1. The first-order chi connectivity index (χ1) is 11.1. The second kappa shape index (κ2) is 6.44. The Morgan fingerprint density at radius 3 is 2.65 bits per heavy atom. The van der Waals surface area contributed by atoms with Gasteiger partial charge in [0.2, 0.25) is 0 Å². The van der Waals surface area contributed by atoms with Gasteiger partial charge in [-0.15, -0.1) is 0 Å². The maximum atomic E-state index is 12.9. The first-order valence-corrected chi connectivity index (χ1v) is 7.26. The third-order valence-corrected chi connectivity index (χ3v) is 3.60. The summed E-state index contributed by atoms with van der Waals surface area (Å²) in [5.74, 6) is -0.516. The van der Waals surface area contributed by atoms with E-state index in [9.17, 15) is 9.18 Å². The van der Waals surface area contributed by atoms with Crippen LogP contribution in [0.15, 0.2) is 65.9 Å². The summed E-state index contributed by atoms with van der Waals surface area (Å²) in [7, 11) is 0. The number of amides is 1. The van der Waals surface area contributed by atoms with E-state index in [-0.39, 0.29) is 18.3 Å². The Hall–Kier alpha value is -2.95. The number of hydrogen-bond donors (Lipinski definition) is 1. The van der Waals surface area contributed by atoms with Crippen molar-refractivity contribution in [1.29, 1.82) is 0 Å². The van der Waals surface area contributed by atoms with E-state index in [0.717, 1.165) is 16.5 Å². The molecular formula is C18H16FN3O. The zero-order valence-electron chi connectivity index (χ0n) is 12.7. The maximum absolute atomic E-state index is 12.9. The second-order valence-electron chi connectivity index (χ2n) is 5.24. The van der Waals surface area contributed by atoms with Crippen LogP contribution in [0.25, 0.3) is 10.9 Å². The van der Waals surface area contributed by atoms with E-state index < -0.39 is 0 Å². The van der Waals surface area contributed by atoms with Crippen LogP contribution in [0.3, 0.4) is 0 Å². The lowest BCUT2D eigenvalue weighted by molar-refractivity contribution is -0.121. The van der Waals surface area contributed by atoms with Crippen LogP contribution in [0.4, 0.5) is 4.39 Å². The van der Waals surface area contributed by atoms with Crippen LogP contribution in [0.1, 0.15) is 12.5 Å². The highest BCUT2D eigenvalue weighted by Gasteiger charge is 2.05. The minimum atomic E-state index is -0.301. The topological polar surface area (TPSA) is 46.4 Å². The number of halogens is 1. The van der Waals surface area contributed by atoms with Gasteiger partial charge in [-0.2, -0.15) is 5.10 Å². The lowest BCUT2D eigenvalue weighted by atomic mass is 10.1. The largest absolute Gasteiger partial charge is 0.338 e. The standard InChI is InChI=1S/C18H16FN3O/c1-13(14-6-8-16(19)9-7-14)20-21-18(23)12-22-11-10-15-4-2-3-5-17(15)22/h2-11H,12H2,1H3,(H,21,23). The number of nitrogens with one attached hydrogen (secondary N) is 1. The highest BCUT2D eigenvalue weighted by atomic mass is 19.1. The lowest BCUT2D eigenvalue weighted by Crippen LogP contribution is -2.23. The fraction of sp³-hybridized carbons (Fsp3) is 0.111.